The molecule has 1 aromatic rings. The Bertz CT molecular complexity index is 514. The fraction of sp³-hybridized carbons (Fsp3) is 0.600. The van der Waals surface area contributed by atoms with Gasteiger partial charge in [-0.3, -0.25) is 9.78 Å². The zero-order chi connectivity index (χ0) is 15.5. The lowest BCUT2D eigenvalue weighted by Gasteiger charge is -2.43. The van der Waals surface area contributed by atoms with Crippen molar-refractivity contribution in [3.63, 3.8) is 0 Å². The van der Waals surface area contributed by atoms with Crippen molar-refractivity contribution in [1.29, 1.82) is 0 Å². The van der Waals surface area contributed by atoms with Crippen LogP contribution in [-0.4, -0.2) is 55.1 Å². The summed E-state index contributed by atoms with van der Waals surface area (Å²) in [5, 5.41) is 4.59. The second-order valence-corrected chi connectivity index (χ2v) is 6.71. The lowest BCUT2D eigenvalue weighted by atomic mass is 9.87. The summed E-state index contributed by atoms with van der Waals surface area (Å²) in [6, 6.07) is 0.303. The zero-order valence-corrected chi connectivity index (χ0v) is 13.9. The van der Waals surface area contributed by atoms with Gasteiger partial charge in [0.05, 0.1) is 15.7 Å². The quantitative estimate of drug-likeness (QED) is 0.854. The third-order valence-corrected chi connectivity index (χ3v) is 5.24. The van der Waals surface area contributed by atoms with Crippen molar-refractivity contribution in [3.05, 3.63) is 22.4 Å². The summed E-state index contributed by atoms with van der Waals surface area (Å²) < 4.78 is 0. The molecule has 22 heavy (non-hydrogen) atoms. The van der Waals surface area contributed by atoms with Crippen LogP contribution in [0.1, 0.15) is 12.8 Å². The molecule has 2 saturated heterocycles. The molecule has 0 bridgehead atoms. The van der Waals surface area contributed by atoms with Crippen molar-refractivity contribution in [2.45, 2.75) is 18.9 Å². The number of carbonyl (C=O) groups excluding carboxylic acids is 1. The van der Waals surface area contributed by atoms with Crippen LogP contribution in [0.25, 0.3) is 0 Å². The molecule has 1 amide bonds. The van der Waals surface area contributed by atoms with Crippen molar-refractivity contribution in [3.8, 4) is 0 Å². The highest BCUT2D eigenvalue weighted by atomic mass is 35.5. The molecule has 2 fully saturated rings. The fourth-order valence-electron chi connectivity index (χ4n) is 3.52. The Balaban J connectivity index is 1.66. The molecule has 0 radical (unpaired) electrons. The molecule has 2 aliphatic heterocycles. The first-order valence-electron chi connectivity index (χ1n) is 7.66. The Morgan fingerprint density at radius 1 is 1.18 bits per heavy atom. The molecule has 5 nitrogen and oxygen atoms in total. The van der Waals surface area contributed by atoms with Crippen LogP contribution in [-0.2, 0) is 4.79 Å². The number of hydrogen-bond donors (Lipinski definition) is 1. The van der Waals surface area contributed by atoms with Gasteiger partial charge >= 0.3 is 0 Å². The van der Waals surface area contributed by atoms with Crippen molar-refractivity contribution in [2.24, 2.45) is 5.92 Å². The summed E-state index contributed by atoms with van der Waals surface area (Å²) in [6.07, 6.45) is 6.33. The molecule has 1 unspecified atom stereocenters. The number of pyridine rings is 1. The normalized spacial score (nSPS) is 23.6. The maximum absolute atomic E-state index is 11.2. The molecule has 1 atom stereocenters. The van der Waals surface area contributed by atoms with E-state index in [1.165, 1.54) is 0 Å². The summed E-state index contributed by atoms with van der Waals surface area (Å²) >= 11 is 12.5. The van der Waals surface area contributed by atoms with Gasteiger partial charge in [0.2, 0.25) is 6.41 Å². The molecule has 0 aromatic carbocycles. The third kappa shape index (κ3) is 3.16. The van der Waals surface area contributed by atoms with E-state index in [4.69, 9.17) is 23.2 Å². The Morgan fingerprint density at radius 3 is 2.50 bits per heavy atom. The minimum Gasteiger partial charge on any atom is -0.369 e. The number of anilines is 1. The van der Waals surface area contributed by atoms with Crippen molar-refractivity contribution in [1.82, 2.24) is 15.2 Å². The molecule has 120 valence electrons. The predicted molar refractivity (Wildman–Crippen MR) is 88.6 cm³/mol. The van der Waals surface area contributed by atoms with E-state index in [0.717, 1.165) is 57.7 Å². The van der Waals surface area contributed by atoms with Gasteiger partial charge in [-0.15, -0.1) is 0 Å². The molecule has 3 heterocycles. The summed E-state index contributed by atoms with van der Waals surface area (Å²) in [4.78, 5) is 19.4. The Kier molecular flexibility index (Phi) is 5.06. The first-order chi connectivity index (χ1) is 10.7. The number of piperazine rings is 1. The zero-order valence-electron chi connectivity index (χ0n) is 12.3. The summed E-state index contributed by atoms with van der Waals surface area (Å²) in [5.41, 5.74) is 0.880. The number of carbonyl (C=O) groups is 1. The summed E-state index contributed by atoms with van der Waals surface area (Å²) in [5.74, 6) is 0.522. The second-order valence-electron chi connectivity index (χ2n) is 5.89. The molecule has 0 spiro atoms. The number of nitrogens with zero attached hydrogens (tertiary/aromatic N) is 3. The topological polar surface area (TPSA) is 48.5 Å². The summed E-state index contributed by atoms with van der Waals surface area (Å²) in [7, 11) is 0. The number of halogens is 2. The van der Waals surface area contributed by atoms with E-state index in [-0.39, 0.29) is 0 Å². The number of aromatic nitrogens is 1. The van der Waals surface area contributed by atoms with E-state index < -0.39 is 0 Å². The SMILES string of the molecule is O=CN1CCNCC1C1CCN(c2c(Cl)cncc2Cl)CC1. The van der Waals surface area contributed by atoms with Gasteiger partial charge in [-0.05, 0) is 18.8 Å². The van der Waals surface area contributed by atoms with E-state index >= 15 is 0 Å². The first-order valence-corrected chi connectivity index (χ1v) is 8.42. The van der Waals surface area contributed by atoms with Gasteiger partial charge in [0.15, 0.2) is 0 Å². The lowest BCUT2D eigenvalue weighted by Crippen LogP contribution is -2.55. The largest absolute Gasteiger partial charge is 0.369 e. The van der Waals surface area contributed by atoms with Gasteiger partial charge in [0.25, 0.3) is 0 Å². The molecule has 1 N–H and O–H groups in total. The van der Waals surface area contributed by atoms with Gasteiger partial charge in [-0.25, -0.2) is 0 Å². The molecule has 3 rings (SSSR count). The Hall–Kier alpha value is -1.04. The monoisotopic (exact) mass is 342 g/mol. The van der Waals surface area contributed by atoms with Gasteiger partial charge in [0, 0.05) is 51.2 Å². The number of nitrogens with one attached hydrogen (secondary N) is 1. The first kappa shape index (κ1) is 15.8. The minimum atomic E-state index is 0.303. The highest BCUT2D eigenvalue weighted by Crippen LogP contribution is 2.36. The molecule has 0 saturated carbocycles. The van der Waals surface area contributed by atoms with Gasteiger partial charge in [-0.2, -0.15) is 0 Å². The maximum atomic E-state index is 11.2. The standard InChI is InChI=1S/C15H20Cl2N4O/c16-12-7-19-8-13(17)15(12)20-4-1-11(2-5-20)14-9-18-3-6-21(14)10-22/h7-8,10-11,14,18H,1-6,9H2. The van der Waals surface area contributed by atoms with E-state index in [2.05, 4.69) is 15.2 Å². The molecule has 1 aromatic heterocycles. The number of amides is 1. The number of piperidine rings is 1. The minimum absolute atomic E-state index is 0.303. The maximum Gasteiger partial charge on any atom is 0.210 e. The van der Waals surface area contributed by atoms with Crippen LogP contribution in [0.2, 0.25) is 10.0 Å². The van der Waals surface area contributed by atoms with Crippen LogP contribution in [0, 0.1) is 5.92 Å². The Labute approximate surface area is 140 Å². The van der Waals surface area contributed by atoms with Gasteiger partial charge < -0.3 is 15.1 Å². The Morgan fingerprint density at radius 2 is 1.86 bits per heavy atom. The van der Waals surface area contributed by atoms with E-state index in [0.29, 0.717) is 22.0 Å². The van der Waals surface area contributed by atoms with E-state index in [1.807, 2.05) is 4.90 Å². The lowest BCUT2D eigenvalue weighted by molar-refractivity contribution is -0.122. The van der Waals surface area contributed by atoms with Crippen LogP contribution in [0.15, 0.2) is 12.4 Å². The smallest absolute Gasteiger partial charge is 0.210 e. The molecule has 7 heteroatoms. The van der Waals surface area contributed by atoms with Crippen LogP contribution in [0.5, 0.6) is 0 Å². The molecule has 2 aliphatic rings. The van der Waals surface area contributed by atoms with Crippen molar-refractivity contribution >= 4 is 35.3 Å². The second kappa shape index (κ2) is 7.02. The molecular formula is C15H20Cl2N4O. The van der Waals surface area contributed by atoms with E-state index in [9.17, 15) is 4.79 Å². The van der Waals surface area contributed by atoms with Gasteiger partial charge in [-0.1, -0.05) is 23.2 Å². The van der Waals surface area contributed by atoms with Gasteiger partial charge in [0.1, 0.15) is 0 Å². The van der Waals surface area contributed by atoms with Crippen LogP contribution in [0.4, 0.5) is 5.69 Å². The molecule has 0 aliphatic carbocycles. The van der Waals surface area contributed by atoms with E-state index in [1.54, 1.807) is 12.4 Å². The van der Waals surface area contributed by atoms with Crippen molar-refractivity contribution < 1.29 is 4.79 Å². The van der Waals surface area contributed by atoms with Crippen molar-refractivity contribution in [2.75, 3.05) is 37.6 Å². The van der Waals surface area contributed by atoms with Crippen LogP contribution >= 0.6 is 23.2 Å². The highest BCUT2D eigenvalue weighted by molar-refractivity contribution is 6.38. The average Bonchev–Trinajstić information content (AvgIpc) is 2.55. The number of hydrogen-bond acceptors (Lipinski definition) is 4. The average molecular weight is 343 g/mol. The fourth-order valence-corrected chi connectivity index (χ4v) is 4.13. The number of rotatable bonds is 3. The van der Waals surface area contributed by atoms with Crippen LogP contribution < -0.4 is 10.2 Å². The summed E-state index contributed by atoms with van der Waals surface area (Å²) in [6.45, 7) is 4.38. The third-order valence-electron chi connectivity index (χ3n) is 4.69. The predicted octanol–water partition coefficient (Wildman–Crippen LogP) is 2.03. The highest BCUT2D eigenvalue weighted by Gasteiger charge is 2.32. The van der Waals surface area contributed by atoms with Crippen LogP contribution in [0.3, 0.4) is 0 Å². The molecular weight excluding hydrogens is 323 g/mol.